The van der Waals surface area contributed by atoms with Gasteiger partial charge in [0.25, 0.3) is 0 Å². The first-order valence-corrected chi connectivity index (χ1v) is 10.3. The molecule has 0 bridgehead atoms. The number of anilines is 1. The quantitative estimate of drug-likeness (QED) is 0.568. The van der Waals surface area contributed by atoms with E-state index < -0.39 is 11.9 Å². The van der Waals surface area contributed by atoms with Crippen molar-refractivity contribution in [1.82, 2.24) is 14.6 Å². The minimum atomic E-state index is -4.56. The lowest BCUT2D eigenvalue weighted by molar-refractivity contribution is -0.141. The van der Waals surface area contributed by atoms with Gasteiger partial charge in [0.15, 0.2) is 11.3 Å². The van der Waals surface area contributed by atoms with E-state index in [2.05, 4.69) is 15.4 Å². The van der Waals surface area contributed by atoms with Crippen LogP contribution in [0, 0.1) is 5.82 Å². The molecule has 1 aromatic carbocycles. The second-order valence-corrected chi connectivity index (χ2v) is 8.16. The van der Waals surface area contributed by atoms with Gasteiger partial charge in [-0.2, -0.15) is 22.8 Å². The van der Waals surface area contributed by atoms with E-state index in [4.69, 9.17) is 0 Å². The number of rotatable bonds is 5. The van der Waals surface area contributed by atoms with Gasteiger partial charge in [-0.05, 0) is 49.8 Å². The molecule has 0 atom stereocenters. The summed E-state index contributed by atoms with van der Waals surface area (Å²) in [4.78, 5) is 4.26. The van der Waals surface area contributed by atoms with Crippen molar-refractivity contribution in [2.75, 3.05) is 11.9 Å². The van der Waals surface area contributed by atoms with Crippen LogP contribution in [0.15, 0.2) is 36.4 Å². The number of halogens is 4. The number of nitrogens with one attached hydrogen (secondary N) is 1. The summed E-state index contributed by atoms with van der Waals surface area (Å²) >= 11 is 0. The van der Waals surface area contributed by atoms with Crippen LogP contribution in [0.1, 0.15) is 49.6 Å². The molecule has 2 heterocycles. The normalized spacial score (nSPS) is 22.1. The molecule has 9 heteroatoms. The van der Waals surface area contributed by atoms with Crippen LogP contribution < -0.4 is 5.32 Å². The standard InChI is InChI=1S/C22H24F4N4O/c1-2-16-11-19(30-20(28-16)12-18(29-30)22(24,25)26)27-13-21(9-7-17(31)8-10-21)14-3-5-15(23)6-4-14/h3-6,11-12,17,27,31H,2,7-10,13H2,1H3. The van der Waals surface area contributed by atoms with E-state index in [0.717, 1.165) is 11.6 Å². The Labute approximate surface area is 177 Å². The van der Waals surface area contributed by atoms with Crippen LogP contribution in [0.2, 0.25) is 0 Å². The average molecular weight is 436 g/mol. The van der Waals surface area contributed by atoms with Crippen molar-refractivity contribution in [2.45, 2.75) is 56.7 Å². The number of aliphatic hydroxyl groups excluding tert-OH is 1. The fraction of sp³-hybridized carbons (Fsp3) is 0.455. The predicted molar refractivity (Wildman–Crippen MR) is 108 cm³/mol. The number of hydrogen-bond acceptors (Lipinski definition) is 4. The molecular weight excluding hydrogens is 412 g/mol. The lowest BCUT2D eigenvalue weighted by Gasteiger charge is -2.40. The first-order valence-electron chi connectivity index (χ1n) is 10.3. The minimum Gasteiger partial charge on any atom is -0.393 e. The highest BCUT2D eigenvalue weighted by atomic mass is 19.4. The first kappa shape index (κ1) is 21.5. The Balaban J connectivity index is 1.69. The van der Waals surface area contributed by atoms with Crippen LogP contribution >= 0.6 is 0 Å². The summed E-state index contributed by atoms with van der Waals surface area (Å²) in [5.41, 5.74) is 0.341. The molecule has 4 rings (SSSR count). The smallest absolute Gasteiger partial charge is 0.393 e. The lowest BCUT2D eigenvalue weighted by atomic mass is 9.68. The maximum atomic E-state index is 13.5. The number of nitrogens with zero attached hydrogens (tertiary/aromatic N) is 3. The average Bonchev–Trinajstić information content (AvgIpc) is 3.19. The Bertz CT molecular complexity index is 1050. The van der Waals surface area contributed by atoms with Crippen molar-refractivity contribution in [3.05, 3.63) is 59.2 Å². The third-order valence-electron chi connectivity index (χ3n) is 6.11. The zero-order chi connectivity index (χ0) is 22.2. The van der Waals surface area contributed by atoms with Crippen molar-refractivity contribution in [2.24, 2.45) is 0 Å². The van der Waals surface area contributed by atoms with E-state index in [0.29, 0.717) is 50.2 Å². The van der Waals surface area contributed by atoms with Crippen LogP contribution in [0.25, 0.3) is 5.65 Å². The van der Waals surface area contributed by atoms with E-state index in [1.54, 1.807) is 18.2 Å². The Hall–Kier alpha value is -2.68. The number of aliphatic hydroxyl groups is 1. The second kappa shape index (κ2) is 8.11. The maximum absolute atomic E-state index is 13.5. The zero-order valence-corrected chi connectivity index (χ0v) is 17.1. The minimum absolute atomic E-state index is 0.129. The predicted octanol–water partition coefficient (Wildman–Crippen LogP) is 4.73. The largest absolute Gasteiger partial charge is 0.435 e. The Morgan fingerprint density at radius 1 is 1.16 bits per heavy atom. The highest BCUT2D eigenvalue weighted by molar-refractivity contribution is 5.51. The van der Waals surface area contributed by atoms with Crippen LogP contribution in [0.3, 0.4) is 0 Å². The summed E-state index contributed by atoms with van der Waals surface area (Å²) in [6.45, 7) is 2.29. The molecule has 0 spiro atoms. The van der Waals surface area contributed by atoms with Crippen molar-refractivity contribution in [1.29, 1.82) is 0 Å². The molecule has 166 valence electrons. The van der Waals surface area contributed by atoms with E-state index >= 15 is 0 Å². The molecule has 0 unspecified atom stereocenters. The molecule has 1 aliphatic rings. The summed E-state index contributed by atoms with van der Waals surface area (Å²) in [6.07, 6.45) is -1.83. The van der Waals surface area contributed by atoms with E-state index in [1.165, 1.54) is 16.6 Å². The summed E-state index contributed by atoms with van der Waals surface area (Å²) in [5.74, 6) is 0.0901. The van der Waals surface area contributed by atoms with Gasteiger partial charge in [-0.25, -0.2) is 9.37 Å². The van der Waals surface area contributed by atoms with Gasteiger partial charge in [0.1, 0.15) is 11.6 Å². The van der Waals surface area contributed by atoms with Gasteiger partial charge < -0.3 is 10.4 Å². The van der Waals surface area contributed by atoms with Gasteiger partial charge in [-0.1, -0.05) is 19.1 Å². The molecule has 2 aromatic heterocycles. The summed E-state index contributed by atoms with van der Waals surface area (Å²) < 4.78 is 54.2. The van der Waals surface area contributed by atoms with Gasteiger partial charge in [0.05, 0.1) is 6.10 Å². The van der Waals surface area contributed by atoms with Crippen molar-refractivity contribution in [3.63, 3.8) is 0 Å². The highest BCUT2D eigenvalue weighted by Gasteiger charge is 2.37. The number of aryl methyl sites for hydroxylation is 1. The Morgan fingerprint density at radius 3 is 2.45 bits per heavy atom. The summed E-state index contributed by atoms with van der Waals surface area (Å²) in [6, 6.07) is 8.94. The van der Waals surface area contributed by atoms with Crippen LogP contribution in [0.4, 0.5) is 23.4 Å². The van der Waals surface area contributed by atoms with Crippen molar-refractivity contribution in [3.8, 4) is 0 Å². The SMILES string of the molecule is CCc1cc(NCC2(c3ccc(F)cc3)CCC(O)CC2)n2nc(C(F)(F)F)cc2n1. The molecule has 3 aromatic rings. The number of benzene rings is 1. The topological polar surface area (TPSA) is 62.5 Å². The lowest BCUT2D eigenvalue weighted by Crippen LogP contribution is -2.40. The molecule has 0 aliphatic heterocycles. The third kappa shape index (κ3) is 4.37. The van der Waals surface area contributed by atoms with Crippen molar-refractivity contribution >= 4 is 11.5 Å². The van der Waals surface area contributed by atoms with E-state index in [9.17, 15) is 22.7 Å². The number of aromatic nitrogens is 3. The van der Waals surface area contributed by atoms with Gasteiger partial charge in [0.2, 0.25) is 0 Å². The van der Waals surface area contributed by atoms with Crippen LogP contribution in [0.5, 0.6) is 0 Å². The fourth-order valence-electron chi connectivity index (χ4n) is 4.26. The molecule has 31 heavy (non-hydrogen) atoms. The monoisotopic (exact) mass is 436 g/mol. The summed E-state index contributed by atoms with van der Waals surface area (Å²) in [7, 11) is 0. The molecule has 0 saturated heterocycles. The second-order valence-electron chi connectivity index (χ2n) is 8.16. The van der Waals surface area contributed by atoms with Gasteiger partial charge in [0, 0.05) is 29.8 Å². The van der Waals surface area contributed by atoms with Gasteiger partial charge in [-0.3, -0.25) is 0 Å². The molecule has 0 amide bonds. The highest BCUT2D eigenvalue weighted by Crippen LogP contribution is 2.40. The van der Waals surface area contributed by atoms with E-state index in [-0.39, 0.29) is 23.0 Å². The third-order valence-corrected chi connectivity index (χ3v) is 6.11. The molecule has 1 aliphatic carbocycles. The molecular formula is C22H24F4N4O. The molecule has 1 saturated carbocycles. The van der Waals surface area contributed by atoms with Gasteiger partial charge in [-0.15, -0.1) is 0 Å². The Kier molecular flexibility index (Phi) is 5.63. The van der Waals surface area contributed by atoms with E-state index in [1.807, 2.05) is 6.92 Å². The molecule has 5 nitrogen and oxygen atoms in total. The van der Waals surface area contributed by atoms with Gasteiger partial charge >= 0.3 is 6.18 Å². The number of alkyl halides is 3. The van der Waals surface area contributed by atoms with Crippen LogP contribution in [-0.2, 0) is 18.0 Å². The molecule has 1 fully saturated rings. The number of fused-ring (bicyclic) bond motifs is 1. The zero-order valence-electron chi connectivity index (χ0n) is 17.1. The maximum Gasteiger partial charge on any atom is 0.435 e. The first-order chi connectivity index (χ1) is 14.7. The fourth-order valence-corrected chi connectivity index (χ4v) is 4.26. The number of hydrogen-bond donors (Lipinski definition) is 2. The molecule has 2 N–H and O–H groups in total. The Morgan fingerprint density at radius 2 is 1.84 bits per heavy atom. The van der Waals surface area contributed by atoms with Crippen molar-refractivity contribution < 1.29 is 22.7 Å². The van der Waals surface area contributed by atoms with Crippen LogP contribution in [-0.4, -0.2) is 32.4 Å². The summed E-state index contributed by atoms with van der Waals surface area (Å²) in [5, 5.41) is 17.0. The molecule has 0 radical (unpaired) electrons.